The van der Waals surface area contributed by atoms with E-state index < -0.39 is 0 Å². The Morgan fingerprint density at radius 1 is 1.09 bits per heavy atom. The Bertz CT molecular complexity index is 700. The van der Waals surface area contributed by atoms with Crippen molar-refractivity contribution in [3.63, 3.8) is 0 Å². The average Bonchev–Trinajstić information content (AvgIpc) is 2.54. The van der Waals surface area contributed by atoms with Crippen LogP contribution in [0.5, 0.6) is 5.75 Å². The maximum atomic E-state index is 12.1. The lowest BCUT2D eigenvalue weighted by molar-refractivity contribution is -0.113. The fraction of sp³-hybridized carbons (Fsp3) is 0.222. The van der Waals surface area contributed by atoms with E-state index in [9.17, 15) is 9.59 Å². The Balaban J connectivity index is 1.79. The summed E-state index contributed by atoms with van der Waals surface area (Å²) in [6.45, 7) is 1.97. The second-order valence-electron chi connectivity index (χ2n) is 5.07. The molecule has 0 unspecified atom stereocenters. The number of amides is 1. The minimum absolute atomic E-state index is 0.0164. The number of anilines is 1. The lowest BCUT2D eigenvalue weighted by Crippen LogP contribution is -2.15. The minimum Gasteiger partial charge on any atom is -0.497 e. The van der Waals surface area contributed by atoms with Gasteiger partial charge in [-0.25, -0.2) is 0 Å². The molecule has 23 heavy (non-hydrogen) atoms. The number of ketones is 1. The molecule has 0 fully saturated rings. The van der Waals surface area contributed by atoms with Crippen molar-refractivity contribution in [2.24, 2.45) is 0 Å². The highest BCUT2D eigenvalue weighted by atomic mass is 32.2. The molecule has 0 aliphatic heterocycles. The van der Waals surface area contributed by atoms with Crippen molar-refractivity contribution >= 4 is 29.1 Å². The zero-order valence-corrected chi connectivity index (χ0v) is 14.0. The van der Waals surface area contributed by atoms with Gasteiger partial charge in [0.1, 0.15) is 5.75 Å². The lowest BCUT2D eigenvalue weighted by Gasteiger charge is -2.06. The molecule has 0 saturated heterocycles. The van der Waals surface area contributed by atoms with Crippen LogP contribution in [-0.2, 0) is 4.79 Å². The van der Waals surface area contributed by atoms with Crippen molar-refractivity contribution in [3.05, 3.63) is 59.7 Å². The number of nitrogens with one attached hydrogen (secondary N) is 1. The van der Waals surface area contributed by atoms with Crippen LogP contribution >= 0.6 is 11.8 Å². The van der Waals surface area contributed by atoms with E-state index in [0.29, 0.717) is 11.3 Å². The Morgan fingerprint density at radius 2 is 1.87 bits per heavy atom. The van der Waals surface area contributed by atoms with Gasteiger partial charge in [-0.15, -0.1) is 11.8 Å². The first-order valence-corrected chi connectivity index (χ1v) is 8.35. The van der Waals surface area contributed by atoms with Crippen LogP contribution in [0.1, 0.15) is 15.9 Å². The normalized spacial score (nSPS) is 10.2. The molecule has 0 spiro atoms. The van der Waals surface area contributed by atoms with Crippen molar-refractivity contribution in [3.8, 4) is 5.75 Å². The summed E-state index contributed by atoms with van der Waals surface area (Å²) in [6.07, 6.45) is 0. The number of ether oxygens (including phenoxy) is 1. The second kappa shape index (κ2) is 8.39. The van der Waals surface area contributed by atoms with E-state index in [1.54, 1.807) is 31.4 Å². The van der Waals surface area contributed by atoms with Gasteiger partial charge in [-0.3, -0.25) is 9.59 Å². The zero-order valence-electron chi connectivity index (χ0n) is 13.2. The van der Waals surface area contributed by atoms with Crippen molar-refractivity contribution in [1.82, 2.24) is 0 Å². The van der Waals surface area contributed by atoms with Crippen LogP contribution in [0.25, 0.3) is 0 Å². The second-order valence-corrected chi connectivity index (χ2v) is 6.05. The van der Waals surface area contributed by atoms with Crippen LogP contribution in [0.4, 0.5) is 5.69 Å². The van der Waals surface area contributed by atoms with Crippen molar-refractivity contribution in [2.45, 2.75) is 6.92 Å². The van der Waals surface area contributed by atoms with Crippen LogP contribution < -0.4 is 10.1 Å². The maximum absolute atomic E-state index is 12.1. The first-order chi connectivity index (χ1) is 11.1. The average molecular weight is 329 g/mol. The predicted molar refractivity (Wildman–Crippen MR) is 94.5 cm³/mol. The van der Waals surface area contributed by atoms with Gasteiger partial charge in [-0.05, 0) is 36.8 Å². The molecule has 5 heteroatoms. The third-order valence-corrected chi connectivity index (χ3v) is 4.09. The highest BCUT2D eigenvalue weighted by Crippen LogP contribution is 2.15. The molecule has 2 aromatic carbocycles. The van der Waals surface area contributed by atoms with Gasteiger partial charge in [0, 0.05) is 11.3 Å². The number of hydrogen-bond donors (Lipinski definition) is 1. The summed E-state index contributed by atoms with van der Waals surface area (Å²) in [5, 5.41) is 2.82. The summed E-state index contributed by atoms with van der Waals surface area (Å²) in [7, 11) is 1.56. The summed E-state index contributed by atoms with van der Waals surface area (Å²) in [5.74, 6) is 1.02. The number of benzene rings is 2. The van der Waals surface area contributed by atoms with Crippen LogP contribution in [0, 0.1) is 6.92 Å². The largest absolute Gasteiger partial charge is 0.497 e. The van der Waals surface area contributed by atoms with Gasteiger partial charge in [0.15, 0.2) is 5.78 Å². The van der Waals surface area contributed by atoms with E-state index in [0.717, 1.165) is 11.3 Å². The Hall–Kier alpha value is -2.27. The van der Waals surface area contributed by atoms with Gasteiger partial charge < -0.3 is 10.1 Å². The number of methoxy groups -OCH3 is 1. The molecule has 0 radical (unpaired) electrons. The standard InChI is InChI=1S/C18H19NO3S/c1-13-5-3-7-15(9-13)19-18(21)12-23-11-17(20)14-6-4-8-16(10-14)22-2/h3-10H,11-12H2,1-2H3,(H,19,21). The van der Waals surface area contributed by atoms with Gasteiger partial charge >= 0.3 is 0 Å². The molecule has 0 aliphatic rings. The number of rotatable bonds is 7. The van der Waals surface area contributed by atoms with Crippen molar-refractivity contribution < 1.29 is 14.3 Å². The molecular formula is C18H19NO3S. The molecule has 0 bridgehead atoms. The topological polar surface area (TPSA) is 55.4 Å². The molecule has 2 aromatic rings. The molecule has 120 valence electrons. The van der Waals surface area contributed by atoms with Crippen LogP contribution in [0.3, 0.4) is 0 Å². The smallest absolute Gasteiger partial charge is 0.234 e. The fourth-order valence-electron chi connectivity index (χ4n) is 2.04. The van der Waals surface area contributed by atoms with E-state index in [1.807, 2.05) is 31.2 Å². The molecule has 0 aromatic heterocycles. The highest BCUT2D eigenvalue weighted by Gasteiger charge is 2.09. The number of carbonyl (C=O) groups excluding carboxylic acids is 2. The molecule has 0 atom stereocenters. The first kappa shape index (κ1) is 17.1. The number of aryl methyl sites for hydroxylation is 1. The molecule has 4 nitrogen and oxygen atoms in total. The van der Waals surface area contributed by atoms with E-state index in [4.69, 9.17) is 4.74 Å². The molecule has 1 N–H and O–H groups in total. The Labute approximate surface area is 140 Å². The lowest BCUT2D eigenvalue weighted by atomic mass is 10.1. The summed E-state index contributed by atoms with van der Waals surface area (Å²) in [5.41, 5.74) is 2.45. The number of thioether (sulfide) groups is 1. The number of hydrogen-bond acceptors (Lipinski definition) is 4. The maximum Gasteiger partial charge on any atom is 0.234 e. The molecule has 1 amide bonds. The zero-order chi connectivity index (χ0) is 16.7. The van der Waals surface area contributed by atoms with Crippen LogP contribution in [0.15, 0.2) is 48.5 Å². The minimum atomic E-state index is -0.112. The molecule has 0 aliphatic carbocycles. The SMILES string of the molecule is COc1cccc(C(=O)CSCC(=O)Nc2cccc(C)c2)c1. The predicted octanol–water partition coefficient (Wildman–Crippen LogP) is 3.56. The first-order valence-electron chi connectivity index (χ1n) is 7.20. The van der Waals surface area contributed by atoms with Gasteiger partial charge in [0.05, 0.1) is 18.6 Å². The van der Waals surface area contributed by atoms with Gasteiger partial charge in [0.25, 0.3) is 0 Å². The number of Topliss-reactive ketones (excluding diaryl/α,β-unsaturated/α-hetero) is 1. The summed E-state index contributed by atoms with van der Waals surface area (Å²) in [6, 6.07) is 14.6. The van der Waals surface area contributed by atoms with Crippen molar-refractivity contribution in [2.75, 3.05) is 23.9 Å². The Morgan fingerprint density at radius 3 is 2.61 bits per heavy atom. The fourth-order valence-corrected chi connectivity index (χ4v) is 2.75. The van der Waals surface area contributed by atoms with Gasteiger partial charge in [-0.2, -0.15) is 0 Å². The van der Waals surface area contributed by atoms with Gasteiger partial charge in [-0.1, -0.05) is 24.3 Å². The Kier molecular flexibility index (Phi) is 6.23. The summed E-state index contributed by atoms with van der Waals surface area (Å²) < 4.78 is 5.10. The molecule has 2 rings (SSSR count). The third kappa shape index (κ3) is 5.45. The molecular weight excluding hydrogens is 310 g/mol. The van der Waals surface area contributed by atoms with Crippen LogP contribution in [-0.4, -0.2) is 30.3 Å². The number of carbonyl (C=O) groups is 2. The monoisotopic (exact) mass is 329 g/mol. The van der Waals surface area contributed by atoms with E-state index in [2.05, 4.69) is 5.32 Å². The van der Waals surface area contributed by atoms with E-state index in [1.165, 1.54) is 11.8 Å². The quantitative estimate of drug-likeness (QED) is 0.789. The highest BCUT2D eigenvalue weighted by molar-refractivity contribution is 8.00. The third-order valence-electron chi connectivity index (χ3n) is 3.16. The summed E-state index contributed by atoms with van der Waals surface area (Å²) in [4.78, 5) is 24.0. The van der Waals surface area contributed by atoms with Crippen molar-refractivity contribution in [1.29, 1.82) is 0 Å². The molecule has 0 saturated carbocycles. The molecule has 0 heterocycles. The van der Waals surface area contributed by atoms with Crippen LogP contribution in [0.2, 0.25) is 0 Å². The van der Waals surface area contributed by atoms with Gasteiger partial charge in [0.2, 0.25) is 5.91 Å². The summed E-state index contributed by atoms with van der Waals surface area (Å²) >= 11 is 1.30. The van der Waals surface area contributed by atoms with E-state index in [-0.39, 0.29) is 23.2 Å². The van der Waals surface area contributed by atoms with E-state index >= 15 is 0 Å².